The van der Waals surface area contributed by atoms with Crippen LogP contribution in [0.4, 0.5) is 5.69 Å². The second-order valence-electron chi connectivity index (χ2n) is 5.72. The molecule has 0 atom stereocenters. The summed E-state index contributed by atoms with van der Waals surface area (Å²) in [5.41, 5.74) is 4.77. The number of fused-ring (bicyclic) bond motifs is 1. The zero-order valence-corrected chi connectivity index (χ0v) is 14.6. The Hall–Kier alpha value is -2.80. The van der Waals surface area contributed by atoms with Crippen molar-refractivity contribution in [3.05, 3.63) is 53.1 Å². The lowest BCUT2D eigenvalue weighted by atomic mass is 10.1. The van der Waals surface area contributed by atoms with Gasteiger partial charge in [-0.2, -0.15) is 0 Å². The van der Waals surface area contributed by atoms with E-state index in [0.717, 1.165) is 11.0 Å². The number of aryl methyl sites for hydroxylation is 2. The van der Waals surface area contributed by atoms with Crippen molar-refractivity contribution in [3.8, 4) is 0 Å². The number of nitrogens with zero attached hydrogens (tertiary/aromatic N) is 1. The van der Waals surface area contributed by atoms with Crippen molar-refractivity contribution in [3.63, 3.8) is 0 Å². The third-order valence-corrected chi connectivity index (χ3v) is 4.68. The molecule has 1 amide bonds. The second-order valence-corrected chi connectivity index (χ2v) is 6.68. The molecular weight excluding hydrogens is 338 g/mol. The average molecular weight is 355 g/mol. The topological polar surface area (TPSA) is 95.1 Å². The Bertz CT molecular complexity index is 926. The Labute approximate surface area is 148 Å². The van der Waals surface area contributed by atoms with Crippen molar-refractivity contribution in [1.29, 1.82) is 0 Å². The minimum absolute atomic E-state index is 0.133. The summed E-state index contributed by atoms with van der Waals surface area (Å²) in [5.74, 6) is -1.08. The number of imidazole rings is 1. The number of benzene rings is 2. The maximum Gasteiger partial charge on any atom is 0.335 e. The number of amides is 1. The SMILES string of the molecule is Cc1cc2nc(SCC(=O)Nc3cccc(C(=O)O)c3)[nH]c2cc1C. The molecule has 6 nitrogen and oxygen atoms in total. The summed E-state index contributed by atoms with van der Waals surface area (Å²) in [4.78, 5) is 30.7. The molecule has 2 aromatic carbocycles. The summed E-state index contributed by atoms with van der Waals surface area (Å²) < 4.78 is 0. The first-order valence-corrected chi connectivity index (χ1v) is 8.64. The lowest BCUT2D eigenvalue weighted by Gasteiger charge is -2.05. The molecule has 0 saturated heterocycles. The summed E-state index contributed by atoms with van der Waals surface area (Å²) in [6.07, 6.45) is 0. The molecule has 0 fully saturated rings. The maximum absolute atomic E-state index is 12.1. The van der Waals surface area contributed by atoms with E-state index in [-0.39, 0.29) is 17.2 Å². The van der Waals surface area contributed by atoms with Gasteiger partial charge < -0.3 is 15.4 Å². The van der Waals surface area contributed by atoms with Crippen LogP contribution < -0.4 is 5.32 Å². The van der Waals surface area contributed by atoms with Gasteiger partial charge in [0, 0.05) is 5.69 Å². The van der Waals surface area contributed by atoms with Crippen LogP contribution in [0.15, 0.2) is 41.6 Å². The summed E-state index contributed by atoms with van der Waals surface area (Å²) in [5, 5.41) is 12.3. The number of carboxylic acids is 1. The summed E-state index contributed by atoms with van der Waals surface area (Å²) in [6.45, 7) is 4.08. The van der Waals surface area contributed by atoms with Crippen LogP contribution in [0, 0.1) is 13.8 Å². The quantitative estimate of drug-likeness (QED) is 0.608. The highest BCUT2D eigenvalue weighted by Gasteiger charge is 2.10. The Kier molecular flexibility index (Phi) is 4.76. The number of anilines is 1. The molecule has 0 aliphatic rings. The predicted octanol–water partition coefficient (Wildman–Crippen LogP) is 3.61. The van der Waals surface area contributed by atoms with E-state index in [1.807, 2.05) is 26.0 Å². The van der Waals surface area contributed by atoms with E-state index in [1.165, 1.54) is 35.0 Å². The van der Waals surface area contributed by atoms with Crippen molar-refractivity contribution in [1.82, 2.24) is 9.97 Å². The molecule has 0 saturated carbocycles. The number of aromatic nitrogens is 2. The van der Waals surface area contributed by atoms with Gasteiger partial charge in [0.1, 0.15) is 0 Å². The van der Waals surface area contributed by atoms with Crippen molar-refractivity contribution in [2.45, 2.75) is 19.0 Å². The van der Waals surface area contributed by atoms with Crippen molar-refractivity contribution in [2.75, 3.05) is 11.1 Å². The highest BCUT2D eigenvalue weighted by Crippen LogP contribution is 2.22. The van der Waals surface area contributed by atoms with Crippen LogP contribution in [0.2, 0.25) is 0 Å². The van der Waals surface area contributed by atoms with Crippen molar-refractivity contribution < 1.29 is 14.7 Å². The molecule has 0 spiro atoms. The van der Waals surface area contributed by atoms with E-state index >= 15 is 0 Å². The molecule has 0 bridgehead atoms. The third kappa shape index (κ3) is 4.00. The van der Waals surface area contributed by atoms with Crippen LogP contribution in [-0.2, 0) is 4.79 Å². The van der Waals surface area contributed by atoms with Crippen LogP contribution in [0.1, 0.15) is 21.5 Å². The average Bonchev–Trinajstić information content (AvgIpc) is 2.95. The largest absolute Gasteiger partial charge is 0.478 e. The van der Waals surface area contributed by atoms with Gasteiger partial charge in [-0.05, 0) is 55.3 Å². The summed E-state index contributed by atoms with van der Waals surface area (Å²) in [7, 11) is 0. The molecule has 3 aromatic rings. The van der Waals surface area contributed by atoms with E-state index in [1.54, 1.807) is 12.1 Å². The van der Waals surface area contributed by atoms with Gasteiger partial charge >= 0.3 is 5.97 Å². The number of thioether (sulfide) groups is 1. The van der Waals surface area contributed by atoms with Gasteiger partial charge in [0.25, 0.3) is 0 Å². The first-order chi connectivity index (χ1) is 11.9. The molecule has 1 heterocycles. The third-order valence-electron chi connectivity index (χ3n) is 3.81. The number of H-pyrrole nitrogens is 1. The normalized spacial score (nSPS) is 10.8. The fraction of sp³-hybridized carbons (Fsp3) is 0.167. The number of aromatic amines is 1. The summed E-state index contributed by atoms with van der Waals surface area (Å²) >= 11 is 1.30. The molecule has 0 radical (unpaired) electrons. The number of aromatic carboxylic acids is 1. The molecule has 0 aliphatic heterocycles. The first kappa shape index (κ1) is 17.0. The number of rotatable bonds is 5. The minimum Gasteiger partial charge on any atom is -0.478 e. The molecule has 0 aliphatic carbocycles. The second kappa shape index (κ2) is 6.98. The standard InChI is InChI=1S/C18H17N3O3S/c1-10-6-14-15(7-11(10)2)21-18(20-14)25-9-16(22)19-13-5-3-4-12(8-13)17(23)24/h3-8H,9H2,1-2H3,(H,19,22)(H,20,21)(H,23,24). The number of nitrogens with one attached hydrogen (secondary N) is 2. The van der Waals surface area contributed by atoms with Gasteiger partial charge in [0.05, 0.1) is 22.3 Å². The maximum atomic E-state index is 12.1. The van der Waals surface area contributed by atoms with Gasteiger partial charge in [-0.15, -0.1) is 0 Å². The van der Waals surface area contributed by atoms with Crippen LogP contribution >= 0.6 is 11.8 Å². The monoisotopic (exact) mass is 355 g/mol. The Morgan fingerprint density at radius 1 is 1.20 bits per heavy atom. The number of carbonyl (C=O) groups is 2. The number of carbonyl (C=O) groups excluding carboxylic acids is 1. The van der Waals surface area contributed by atoms with Crippen molar-refractivity contribution in [2.24, 2.45) is 0 Å². The molecule has 128 valence electrons. The molecule has 25 heavy (non-hydrogen) atoms. The van der Waals surface area contributed by atoms with E-state index in [9.17, 15) is 9.59 Å². The Balaban J connectivity index is 1.64. The molecule has 1 aromatic heterocycles. The number of hydrogen-bond donors (Lipinski definition) is 3. The van der Waals surface area contributed by atoms with Crippen LogP contribution in [0.25, 0.3) is 11.0 Å². The first-order valence-electron chi connectivity index (χ1n) is 7.65. The van der Waals surface area contributed by atoms with Gasteiger partial charge in [0.15, 0.2) is 5.16 Å². The van der Waals surface area contributed by atoms with Gasteiger partial charge in [-0.3, -0.25) is 4.79 Å². The van der Waals surface area contributed by atoms with E-state index < -0.39 is 5.97 Å². The predicted molar refractivity (Wildman–Crippen MR) is 98.3 cm³/mol. The van der Waals surface area contributed by atoms with E-state index in [2.05, 4.69) is 15.3 Å². The molecule has 3 rings (SSSR count). The number of hydrogen-bond acceptors (Lipinski definition) is 4. The van der Waals surface area contributed by atoms with Gasteiger partial charge in [-0.1, -0.05) is 17.8 Å². The van der Waals surface area contributed by atoms with Crippen molar-refractivity contribution >= 4 is 40.4 Å². The minimum atomic E-state index is -1.03. The lowest BCUT2D eigenvalue weighted by Crippen LogP contribution is -2.14. The fourth-order valence-electron chi connectivity index (χ4n) is 2.38. The molecule has 3 N–H and O–H groups in total. The zero-order chi connectivity index (χ0) is 18.0. The van der Waals surface area contributed by atoms with E-state index in [4.69, 9.17) is 5.11 Å². The van der Waals surface area contributed by atoms with Crippen LogP contribution in [-0.4, -0.2) is 32.7 Å². The van der Waals surface area contributed by atoms with Gasteiger partial charge in [-0.25, -0.2) is 9.78 Å². The smallest absolute Gasteiger partial charge is 0.335 e. The number of carboxylic acid groups (broad SMARTS) is 1. The molecule has 7 heteroatoms. The highest BCUT2D eigenvalue weighted by molar-refractivity contribution is 7.99. The molecule has 0 unspecified atom stereocenters. The van der Waals surface area contributed by atoms with E-state index in [0.29, 0.717) is 10.8 Å². The highest BCUT2D eigenvalue weighted by atomic mass is 32.2. The van der Waals surface area contributed by atoms with Crippen LogP contribution in [0.3, 0.4) is 0 Å². The Morgan fingerprint density at radius 3 is 2.72 bits per heavy atom. The Morgan fingerprint density at radius 2 is 1.96 bits per heavy atom. The fourth-order valence-corrected chi connectivity index (χ4v) is 3.06. The van der Waals surface area contributed by atoms with Gasteiger partial charge in [0.2, 0.25) is 5.91 Å². The van der Waals surface area contributed by atoms with Crippen LogP contribution in [0.5, 0.6) is 0 Å². The zero-order valence-electron chi connectivity index (χ0n) is 13.8. The molecular formula is C18H17N3O3S. The lowest BCUT2D eigenvalue weighted by molar-refractivity contribution is -0.113. The summed E-state index contributed by atoms with van der Waals surface area (Å²) in [6, 6.07) is 10.2.